The summed E-state index contributed by atoms with van der Waals surface area (Å²) in [7, 11) is 0. The van der Waals surface area contributed by atoms with Crippen molar-refractivity contribution in [3.63, 3.8) is 0 Å². The van der Waals surface area contributed by atoms with Crippen LogP contribution < -0.4 is 5.32 Å². The molecule has 3 aromatic rings. The van der Waals surface area contributed by atoms with Crippen LogP contribution in [-0.2, 0) is 0 Å². The number of para-hydroxylation sites is 1. The molecule has 0 bridgehead atoms. The molecule has 1 heterocycles. The summed E-state index contributed by atoms with van der Waals surface area (Å²) >= 11 is 0. The third-order valence-electron chi connectivity index (χ3n) is 4.25. The lowest BCUT2D eigenvalue weighted by molar-refractivity contribution is 0.368. The lowest BCUT2D eigenvalue weighted by Crippen LogP contribution is -2.27. The fourth-order valence-electron chi connectivity index (χ4n) is 2.99. The number of hydrogen-bond acceptors (Lipinski definition) is 2. The summed E-state index contributed by atoms with van der Waals surface area (Å²) in [4.78, 5) is 0. The third kappa shape index (κ3) is 3.30. The molecule has 1 unspecified atom stereocenters. The molecule has 0 aliphatic rings. The van der Waals surface area contributed by atoms with Crippen LogP contribution in [0.3, 0.4) is 0 Å². The van der Waals surface area contributed by atoms with Crippen molar-refractivity contribution in [3.05, 3.63) is 54.6 Å². The maximum absolute atomic E-state index is 4.96. The van der Waals surface area contributed by atoms with E-state index in [0.717, 1.165) is 18.7 Å². The highest BCUT2D eigenvalue weighted by Crippen LogP contribution is 2.29. The third-order valence-corrected chi connectivity index (χ3v) is 4.25. The van der Waals surface area contributed by atoms with Crippen LogP contribution in [0.25, 0.3) is 22.2 Å². The molecule has 1 N–H and O–H groups in total. The van der Waals surface area contributed by atoms with Crippen LogP contribution in [0.1, 0.15) is 39.3 Å². The Kier molecular flexibility index (Phi) is 5.09. The average Bonchev–Trinajstić information content (AvgIpc) is 2.99. The predicted octanol–water partition coefficient (Wildman–Crippen LogP) is 5.00. The van der Waals surface area contributed by atoms with Crippen LogP contribution in [0.5, 0.6) is 0 Å². The second-order valence-corrected chi connectivity index (χ2v) is 5.91. The van der Waals surface area contributed by atoms with E-state index in [0.29, 0.717) is 0 Å². The molecule has 120 valence electrons. The minimum atomic E-state index is 0.240. The molecule has 3 heteroatoms. The van der Waals surface area contributed by atoms with Gasteiger partial charge < -0.3 is 0 Å². The number of fused-ring (bicyclic) bond motifs is 1. The minimum Gasteiger partial charge on any atom is -0.296 e. The number of nitrogens with zero attached hydrogens (tertiary/aromatic N) is 2. The summed E-state index contributed by atoms with van der Waals surface area (Å²) < 4.78 is 2.16. The Morgan fingerprint density at radius 1 is 1.00 bits per heavy atom. The van der Waals surface area contributed by atoms with Crippen LogP contribution >= 0.6 is 0 Å². The van der Waals surface area contributed by atoms with Crippen molar-refractivity contribution in [2.45, 2.75) is 39.3 Å². The van der Waals surface area contributed by atoms with E-state index < -0.39 is 0 Å². The topological polar surface area (TPSA) is 29.9 Å². The van der Waals surface area contributed by atoms with Gasteiger partial charge in [-0.3, -0.25) is 5.32 Å². The van der Waals surface area contributed by atoms with Gasteiger partial charge in [0.1, 0.15) is 11.9 Å². The van der Waals surface area contributed by atoms with Gasteiger partial charge in [-0.2, -0.15) is 5.10 Å². The molecule has 23 heavy (non-hydrogen) atoms. The first kappa shape index (κ1) is 15.8. The van der Waals surface area contributed by atoms with Gasteiger partial charge in [0.15, 0.2) is 0 Å². The summed E-state index contributed by atoms with van der Waals surface area (Å²) in [5.74, 6) is 0. The average molecular weight is 307 g/mol. The highest BCUT2D eigenvalue weighted by atomic mass is 15.4. The number of aromatic nitrogens is 2. The summed E-state index contributed by atoms with van der Waals surface area (Å²) in [5, 5.41) is 9.82. The molecule has 0 aliphatic heterocycles. The Hall–Kier alpha value is -2.13. The SMILES string of the molecule is CCCCNC(CC)n1nc(-c2ccccc2)c2ccccc21. The number of hydrogen-bond donors (Lipinski definition) is 1. The van der Waals surface area contributed by atoms with Crippen molar-refractivity contribution in [1.82, 2.24) is 15.1 Å². The normalized spacial score (nSPS) is 12.6. The van der Waals surface area contributed by atoms with Crippen molar-refractivity contribution in [2.75, 3.05) is 6.54 Å². The van der Waals surface area contributed by atoms with E-state index in [9.17, 15) is 0 Å². The molecule has 0 saturated heterocycles. The molecule has 2 aromatic carbocycles. The van der Waals surface area contributed by atoms with Gasteiger partial charge in [-0.05, 0) is 25.5 Å². The summed E-state index contributed by atoms with van der Waals surface area (Å²) in [5.41, 5.74) is 3.44. The largest absolute Gasteiger partial charge is 0.296 e. The molecule has 0 aliphatic carbocycles. The molecular formula is C20H25N3. The second-order valence-electron chi connectivity index (χ2n) is 5.91. The van der Waals surface area contributed by atoms with E-state index >= 15 is 0 Å². The standard InChI is InChI=1S/C20H25N3/c1-3-5-15-21-19(4-2)23-18-14-10-9-13-17(18)20(22-23)16-11-7-6-8-12-16/h6-14,19,21H,3-5,15H2,1-2H3. The quantitative estimate of drug-likeness (QED) is 0.622. The molecule has 0 saturated carbocycles. The van der Waals surface area contributed by atoms with Crippen molar-refractivity contribution in [2.24, 2.45) is 0 Å². The van der Waals surface area contributed by atoms with Gasteiger partial charge in [-0.1, -0.05) is 68.8 Å². The summed E-state index contributed by atoms with van der Waals surface area (Å²) in [6, 6.07) is 19.0. The molecule has 0 spiro atoms. The van der Waals surface area contributed by atoms with E-state index in [1.807, 2.05) is 6.07 Å². The molecule has 0 radical (unpaired) electrons. The molecule has 3 rings (SSSR count). The van der Waals surface area contributed by atoms with E-state index in [1.54, 1.807) is 0 Å². The number of benzene rings is 2. The zero-order valence-electron chi connectivity index (χ0n) is 14.0. The lowest BCUT2D eigenvalue weighted by Gasteiger charge is -2.18. The summed E-state index contributed by atoms with van der Waals surface area (Å²) in [6.07, 6.45) is 3.66. The fraction of sp³-hybridized carbons (Fsp3) is 0.350. The Bertz CT molecular complexity index is 746. The fourth-order valence-corrected chi connectivity index (χ4v) is 2.99. The van der Waals surface area contributed by atoms with Crippen LogP contribution in [0.4, 0.5) is 0 Å². The maximum atomic E-state index is 4.96. The first-order chi connectivity index (χ1) is 11.3. The lowest BCUT2D eigenvalue weighted by atomic mass is 10.1. The first-order valence-electron chi connectivity index (χ1n) is 8.61. The van der Waals surface area contributed by atoms with Gasteiger partial charge in [-0.25, -0.2) is 4.68 Å². The first-order valence-corrected chi connectivity index (χ1v) is 8.61. The molecule has 0 fully saturated rings. The van der Waals surface area contributed by atoms with E-state index in [4.69, 9.17) is 5.10 Å². The zero-order valence-corrected chi connectivity index (χ0v) is 14.0. The number of unbranched alkanes of at least 4 members (excludes halogenated alkanes) is 1. The van der Waals surface area contributed by atoms with Gasteiger partial charge >= 0.3 is 0 Å². The monoisotopic (exact) mass is 307 g/mol. The molecular weight excluding hydrogens is 282 g/mol. The predicted molar refractivity (Wildman–Crippen MR) is 97.4 cm³/mol. The van der Waals surface area contributed by atoms with E-state index in [-0.39, 0.29) is 6.17 Å². The molecule has 1 aromatic heterocycles. The van der Waals surface area contributed by atoms with Gasteiger partial charge in [0, 0.05) is 10.9 Å². The maximum Gasteiger partial charge on any atom is 0.102 e. The van der Waals surface area contributed by atoms with Crippen molar-refractivity contribution in [3.8, 4) is 11.3 Å². The van der Waals surface area contributed by atoms with Gasteiger partial charge in [0.25, 0.3) is 0 Å². The van der Waals surface area contributed by atoms with Gasteiger partial charge in [0.05, 0.1) is 5.52 Å². The smallest absolute Gasteiger partial charge is 0.102 e. The Morgan fingerprint density at radius 2 is 1.74 bits per heavy atom. The minimum absolute atomic E-state index is 0.240. The Balaban J connectivity index is 2.04. The van der Waals surface area contributed by atoms with Crippen molar-refractivity contribution < 1.29 is 0 Å². The van der Waals surface area contributed by atoms with Crippen LogP contribution in [0, 0.1) is 0 Å². The van der Waals surface area contributed by atoms with Crippen LogP contribution in [0.2, 0.25) is 0 Å². The second kappa shape index (κ2) is 7.42. The molecule has 0 amide bonds. The van der Waals surface area contributed by atoms with Crippen LogP contribution in [-0.4, -0.2) is 16.3 Å². The van der Waals surface area contributed by atoms with Gasteiger partial charge in [0.2, 0.25) is 0 Å². The van der Waals surface area contributed by atoms with Crippen LogP contribution in [0.15, 0.2) is 54.6 Å². The van der Waals surface area contributed by atoms with E-state index in [2.05, 4.69) is 72.4 Å². The van der Waals surface area contributed by atoms with Gasteiger partial charge in [-0.15, -0.1) is 0 Å². The zero-order chi connectivity index (χ0) is 16.1. The molecule has 3 nitrogen and oxygen atoms in total. The number of rotatable bonds is 7. The van der Waals surface area contributed by atoms with Crippen molar-refractivity contribution >= 4 is 10.9 Å². The van der Waals surface area contributed by atoms with E-state index in [1.165, 1.54) is 29.3 Å². The summed E-state index contributed by atoms with van der Waals surface area (Å²) in [6.45, 7) is 5.46. The number of nitrogens with one attached hydrogen (secondary N) is 1. The Morgan fingerprint density at radius 3 is 2.48 bits per heavy atom. The Labute approximate surface area is 138 Å². The molecule has 1 atom stereocenters. The highest BCUT2D eigenvalue weighted by molar-refractivity contribution is 5.93. The highest BCUT2D eigenvalue weighted by Gasteiger charge is 2.16. The van der Waals surface area contributed by atoms with Crippen molar-refractivity contribution in [1.29, 1.82) is 0 Å².